The van der Waals surface area contributed by atoms with Gasteiger partial charge in [0.05, 0.1) is 22.8 Å². The third kappa shape index (κ3) is 8.13. The molecule has 4 N–H and O–H groups in total. The molecule has 2 rings (SSSR count). The van der Waals surface area contributed by atoms with Crippen LogP contribution in [-0.4, -0.2) is 48.0 Å². The Morgan fingerprint density at radius 3 is 2.09 bits per heavy atom. The van der Waals surface area contributed by atoms with E-state index in [0.29, 0.717) is 12.4 Å². The molecule has 13 heteroatoms. The molecule has 0 aliphatic heterocycles. The van der Waals surface area contributed by atoms with Gasteiger partial charge in [0, 0.05) is 12.2 Å². The van der Waals surface area contributed by atoms with E-state index in [4.69, 9.17) is 14.6 Å². The van der Waals surface area contributed by atoms with Crippen molar-refractivity contribution in [3.8, 4) is 5.75 Å². The zero-order chi connectivity index (χ0) is 24.6. The molecule has 0 aromatic heterocycles. The standard InChI is InChI=1S/C20H25N3O8S2/c1-3-30-16-6-10-18(11-7-16)33(28,29)22-13-12-19(24)31-14(2)20(25)23-15-4-8-17(9-5-15)32(21,26)27/h4-11,14,22H,3,12-13H2,1-2H3,(H,23,25)(H2,21,26,27). The first kappa shape index (κ1) is 26.3. The van der Waals surface area contributed by atoms with Crippen LogP contribution in [0.4, 0.5) is 5.69 Å². The van der Waals surface area contributed by atoms with E-state index in [1.807, 2.05) is 6.92 Å². The van der Waals surface area contributed by atoms with Crippen LogP contribution in [0.1, 0.15) is 20.3 Å². The smallest absolute Gasteiger partial charge is 0.307 e. The Balaban J connectivity index is 1.81. The molecule has 33 heavy (non-hydrogen) atoms. The number of carbonyl (C=O) groups is 2. The lowest BCUT2D eigenvalue weighted by molar-refractivity contribution is -0.152. The van der Waals surface area contributed by atoms with Crippen molar-refractivity contribution in [1.82, 2.24) is 4.72 Å². The molecule has 180 valence electrons. The third-order valence-corrected chi connectivity index (χ3v) is 6.60. The summed E-state index contributed by atoms with van der Waals surface area (Å²) in [4.78, 5) is 24.0. The third-order valence-electron chi connectivity index (χ3n) is 4.19. The minimum Gasteiger partial charge on any atom is -0.494 e. The average molecular weight is 500 g/mol. The van der Waals surface area contributed by atoms with E-state index in [1.54, 1.807) is 0 Å². The number of esters is 1. The van der Waals surface area contributed by atoms with E-state index in [0.717, 1.165) is 0 Å². The number of carbonyl (C=O) groups excluding carboxylic acids is 2. The molecule has 0 heterocycles. The number of nitrogens with two attached hydrogens (primary N) is 1. The minimum atomic E-state index is -3.86. The van der Waals surface area contributed by atoms with Crippen LogP contribution >= 0.6 is 0 Å². The topological polar surface area (TPSA) is 171 Å². The fourth-order valence-corrected chi connectivity index (χ4v) is 4.08. The van der Waals surface area contributed by atoms with Gasteiger partial charge in [-0.25, -0.2) is 26.7 Å². The van der Waals surface area contributed by atoms with Gasteiger partial charge in [0.1, 0.15) is 5.75 Å². The molecule has 2 aromatic carbocycles. The molecule has 1 atom stereocenters. The lowest BCUT2D eigenvalue weighted by Crippen LogP contribution is -2.32. The van der Waals surface area contributed by atoms with Crippen molar-refractivity contribution in [3.05, 3.63) is 48.5 Å². The lowest BCUT2D eigenvalue weighted by Gasteiger charge is -2.14. The van der Waals surface area contributed by atoms with Gasteiger partial charge in [0.2, 0.25) is 20.0 Å². The van der Waals surface area contributed by atoms with Crippen LogP contribution < -0.4 is 19.9 Å². The molecule has 0 saturated heterocycles. The highest BCUT2D eigenvalue weighted by Crippen LogP contribution is 2.16. The second-order valence-corrected chi connectivity index (χ2v) is 10.1. The second kappa shape index (κ2) is 11.2. The molecule has 0 radical (unpaired) electrons. The van der Waals surface area contributed by atoms with Gasteiger partial charge in [0.15, 0.2) is 6.10 Å². The number of benzene rings is 2. The largest absolute Gasteiger partial charge is 0.494 e. The van der Waals surface area contributed by atoms with Crippen molar-refractivity contribution in [3.63, 3.8) is 0 Å². The average Bonchev–Trinajstić information content (AvgIpc) is 2.74. The fourth-order valence-electron chi connectivity index (χ4n) is 2.53. The zero-order valence-electron chi connectivity index (χ0n) is 18.0. The van der Waals surface area contributed by atoms with Gasteiger partial charge in [-0.1, -0.05) is 0 Å². The van der Waals surface area contributed by atoms with E-state index < -0.39 is 38.0 Å². The summed E-state index contributed by atoms with van der Waals surface area (Å²) in [5.74, 6) is -0.897. The first-order valence-electron chi connectivity index (χ1n) is 9.78. The van der Waals surface area contributed by atoms with E-state index in [9.17, 15) is 26.4 Å². The number of hydrogen-bond donors (Lipinski definition) is 3. The normalized spacial score (nSPS) is 12.6. The van der Waals surface area contributed by atoms with Gasteiger partial charge in [-0.05, 0) is 62.4 Å². The highest BCUT2D eigenvalue weighted by atomic mass is 32.2. The van der Waals surface area contributed by atoms with Gasteiger partial charge >= 0.3 is 5.97 Å². The van der Waals surface area contributed by atoms with E-state index in [-0.39, 0.29) is 28.4 Å². The molecule has 1 amide bonds. The van der Waals surface area contributed by atoms with E-state index in [1.165, 1.54) is 55.5 Å². The van der Waals surface area contributed by atoms with Crippen LogP contribution in [0.3, 0.4) is 0 Å². The van der Waals surface area contributed by atoms with Crippen molar-refractivity contribution in [2.75, 3.05) is 18.5 Å². The number of primary sulfonamides is 1. The van der Waals surface area contributed by atoms with E-state index >= 15 is 0 Å². The van der Waals surface area contributed by atoms with Crippen LogP contribution in [-0.2, 0) is 34.4 Å². The Morgan fingerprint density at radius 2 is 1.55 bits per heavy atom. The van der Waals surface area contributed by atoms with Crippen molar-refractivity contribution in [2.45, 2.75) is 36.2 Å². The number of nitrogens with one attached hydrogen (secondary N) is 2. The maximum atomic E-state index is 12.3. The number of hydrogen-bond acceptors (Lipinski definition) is 8. The first-order valence-corrected chi connectivity index (χ1v) is 12.8. The fraction of sp³-hybridized carbons (Fsp3) is 0.300. The second-order valence-electron chi connectivity index (χ2n) is 6.74. The number of ether oxygens (including phenoxy) is 2. The van der Waals surface area contributed by atoms with Gasteiger partial charge in [0.25, 0.3) is 5.91 Å². The highest BCUT2D eigenvalue weighted by Gasteiger charge is 2.19. The van der Waals surface area contributed by atoms with Gasteiger partial charge in [-0.15, -0.1) is 0 Å². The molecule has 0 aliphatic carbocycles. The molecular formula is C20H25N3O8S2. The van der Waals surface area contributed by atoms with Gasteiger partial charge in [-0.3, -0.25) is 9.59 Å². The number of anilines is 1. The van der Waals surface area contributed by atoms with Crippen LogP contribution in [0.5, 0.6) is 5.75 Å². The van der Waals surface area contributed by atoms with Gasteiger partial charge < -0.3 is 14.8 Å². The van der Waals surface area contributed by atoms with Crippen molar-refractivity contribution >= 4 is 37.6 Å². The Labute approximate surface area is 192 Å². The predicted octanol–water partition coefficient (Wildman–Crippen LogP) is 0.972. The SMILES string of the molecule is CCOc1ccc(S(=O)(=O)NCCC(=O)OC(C)C(=O)Nc2ccc(S(N)(=O)=O)cc2)cc1. The van der Waals surface area contributed by atoms with E-state index in [2.05, 4.69) is 10.0 Å². The summed E-state index contributed by atoms with van der Waals surface area (Å²) in [5, 5.41) is 7.48. The summed E-state index contributed by atoms with van der Waals surface area (Å²) in [6, 6.07) is 10.9. The molecule has 1 unspecified atom stereocenters. The number of amides is 1. The number of rotatable bonds is 11. The summed E-state index contributed by atoms with van der Waals surface area (Å²) in [6.07, 6.45) is -1.46. The maximum absolute atomic E-state index is 12.3. The molecular weight excluding hydrogens is 474 g/mol. The highest BCUT2D eigenvalue weighted by molar-refractivity contribution is 7.89. The summed E-state index contributed by atoms with van der Waals surface area (Å²) in [5.41, 5.74) is 0.276. The maximum Gasteiger partial charge on any atom is 0.307 e. The lowest BCUT2D eigenvalue weighted by atomic mass is 10.3. The summed E-state index contributed by atoms with van der Waals surface area (Å²) < 4.78 is 59.6. The molecule has 0 fully saturated rings. The molecule has 11 nitrogen and oxygen atoms in total. The molecule has 0 spiro atoms. The first-order chi connectivity index (χ1) is 15.4. The monoisotopic (exact) mass is 499 g/mol. The summed E-state index contributed by atoms with van der Waals surface area (Å²) in [6.45, 7) is 3.38. The summed E-state index contributed by atoms with van der Waals surface area (Å²) in [7, 11) is -7.69. The van der Waals surface area contributed by atoms with Crippen LogP contribution in [0, 0.1) is 0 Å². The number of sulfonamides is 2. The summed E-state index contributed by atoms with van der Waals surface area (Å²) >= 11 is 0. The Hall–Kier alpha value is -3.00. The van der Waals surface area contributed by atoms with Gasteiger partial charge in [-0.2, -0.15) is 0 Å². The molecule has 0 saturated carbocycles. The minimum absolute atomic E-state index is 0.0144. The molecule has 0 aliphatic rings. The predicted molar refractivity (Wildman–Crippen MR) is 119 cm³/mol. The van der Waals surface area contributed by atoms with Crippen LogP contribution in [0.15, 0.2) is 58.3 Å². The molecule has 2 aromatic rings. The quantitative estimate of drug-likeness (QED) is 0.384. The van der Waals surface area contributed by atoms with Crippen molar-refractivity contribution < 1.29 is 35.9 Å². The van der Waals surface area contributed by atoms with Crippen LogP contribution in [0.2, 0.25) is 0 Å². The Kier molecular flexibility index (Phi) is 8.93. The Morgan fingerprint density at radius 1 is 0.970 bits per heavy atom. The van der Waals surface area contributed by atoms with Crippen molar-refractivity contribution in [2.24, 2.45) is 5.14 Å². The Bertz CT molecular complexity index is 1180. The van der Waals surface area contributed by atoms with Crippen molar-refractivity contribution in [1.29, 1.82) is 0 Å². The molecule has 0 bridgehead atoms. The van der Waals surface area contributed by atoms with Crippen LogP contribution in [0.25, 0.3) is 0 Å². The zero-order valence-corrected chi connectivity index (χ0v) is 19.6.